The highest BCUT2D eigenvalue weighted by atomic mass is 79.9. The first-order valence-electron chi connectivity index (χ1n) is 9.51. The van der Waals surface area contributed by atoms with E-state index in [4.69, 9.17) is 0 Å². The number of rotatable bonds is 3. The molecule has 31 heavy (non-hydrogen) atoms. The highest BCUT2D eigenvalue weighted by Crippen LogP contribution is 2.37. The van der Waals surface area contributed by atoms with Crippen molar-refractivity contribution in [2.75, 3.05) is 0 Å². The van der Waals surface area contributed by atoms with E-state index >= 15 is 0 Å². The molecule has 8 heteroatoms. The summed E-state index contributed by atoms with van der Waals surface area (Å²) in [6.45, 7) is 2.03. The molecule has 7 nitrogen and oxygen atoms in total. The van der Waals surface area contributed by atoms with E-state index < -0.39 is 5.91 Å². The first kappa shape index (κ1) is 19.2. The van der Waals surface area contributed by atoms with Crippen LogP contribution in [0.5, 0.6) is 5.88 Å². The summed E-state index contributed by atoms with van der Waals surface area (Å²) in [6.07, 6.45) is 0. The number of hydrogen-bond donors (Lipinski definition) is 3. The Morgan fingerprint density at radius 2 is 1.81 bits per heavy atom. The van der Waals surface area contributed by atoms with E-state index in [-0.39, 0.29) is 11.6 Å². The minimum absolute atomic E-state index is 0.142. The predicted molar refractivity (Wildman–Crippen MR) is 123 cm³/mol. The van der Waals surface area contributed by atoms with Gasteiger partial charge in [0.2, 0.25) is 5.88 Å². The number of benzene rings is 3. The Kier molecular flexibility index (Phi) is 4.63. The van der Waals surface area contributed by atoms with Crippen molar-refractivity contribution in [2.45, 2.75) is 6.92 Å². The normalized spacial score (nSPS) is 11.7. The van der Waals surface area contributed by atoms with Crippen molar-refractivity contribution in [2.24, 2.45) is 10.2 Å². The van der Waals surface area contributed by atoms with Gasteiger partial charge in [0.15, 0.2) is 5.69 Å². The molecule has 0 saturated heterocycles. The zero-order valence-electron chi connectivity index (χ0n) is 16.3. The van der Waals surface area contributed by atoms with Crippen LogP contribution in [-0.4, -0.2) is 26.0 Å². The molecule has 3 aromatic carbocycles. The Labute approximate surface area is 185 Å². The molecule has 0 aliphatic heterocycles. The van der Waals surface area contributed by atoms with Crippen molar-refractivity contribution in [1.29, 1.82) is 0 Å². The lowest BCUT2D eigenvalue weighted by molar-refractivity contribution is 0.0995. The molecule has 1 amide bonds. The lowest BCUT2D eigenvalue weighted by atomic mass is 10.1. The molecule has 2 aromatic heterocycles. The number of aryl methyl sites for hydroxylation is 1. The van der Waals surface area contributed by atoms with Crippen LogP contribution in [0.4, 0.5) is 5.69 Å². The Morgan fingerprint density at radius 3 is 2.61 bits per heavy atom. The minimum Gasteiger partial charge on any atom is -0.493 e. The van der Waals surface area contributed by atoms with Crippen LogP contribution in [-0.2, 0) is 0 Å². The van der Waals surface area contributed by atoms with E-state index in [0.29, 0.717) is 16.5 Å². The molecule has 0 aliphatic rings. The number of carbonyl (C=O) groups is 1. The van der Waals surface area contributed by atoms with Crippen LogP contribution in [0.2, 0.25) is 0 Å². The number of amides is 1. The first-order chi connectivity index (χ1) is 15.0. The topological polar surface area (TPSA) is 106 Å². The van der Waals surface area contributed by atoms with Gasteiger partial charge in [0, 0.05) is 21.0 Å². The second-order valence-electron chi connectivity index (χ2n) is 7.20. The van der Waals surface area contributed by atoms with E-state index in [1.54, 1.807) is 30.3 Å². The number of nitrogens with zero attached hydrogens (tertiary/aromatic N) is 3. The lowest BCUT2D eigenvalue weighted by Crippen LogP contribution is -1.93. The van der Waals surface area contributed by atoms with Gasteiger partial charge in [0.05, 0.1) is 16.6 Å². The van der Waals surface area contributed by atoms with Crippen molar-refractivity contribution in [3.8, 4) is 17.3 Å². The molecule has 0 unspecified atom stereocenters. The summed E-state index contributed by atoms with van der Waals surface area (Å²) in [6, 6.07) is 18.6. The van der Waals surface area contributed by atoms with Crippen molar-refractivity contribution in [1.82, 2.24) is 15.0 Å². The number of hydrogen-bond acceptors (Lipinski definition) is 4. The molecule has 3 N–H and O–H groups in total. The molecule has 5 rings (SSSR count). The molecule has 0 radical (unpaired) electrons. The Balaban J connectivity index is 1.45. The highest BCUT2D eigenvalue weighted by molar-refractivity contribution is 9.10. The summed E-state index contributed by atoms with van der Waals surface area (Å²) in [5, 5.41) is 18.6. The van der Waals surface area contributed by atoms with E-state index in [9.17, 15) is 9.90 Å². The molecule has 5 aromatic rings. The second-order valence-corrected chi connectivity index (χ2v) is 8.12. The number of halogens is 1. The third-order valence-electron chi connectivity index (χ3n) is 5.01. The molecule has 0 aliphatic carbocycles. The first-order valence-corrected chi connectivity index (χ1v) is 10.3. The Bertz CT molecular complexity index is 1480. The van der Waals surface area contributed by atoms with Gasteiger partial charge in [-0.1, -0.05) is 45.8 Å². The zero-order valence-corrected chi connectivity index (χ0v) is 17.9. The summed E-state index contributed by atoms with van der Waals surface area (Å²) >= 11 is 3.39. The lowest BCUT2D eigenvalue weighted by Gasteiger charge is -1.96. The van der Waals surface area contributed by atoms with Gasteiger partial charge in [-0.15, -0.1) is 10.2 Å². The molecular weight excluding hydrogens is 458 g/mol. The van der Waals surface area contributed by atoms with Gasteiger partial charge in [-0.25, -0.2) is 4.98 Å². The summed E-state index contributed by atoms with van der Waals surface area (Å²) in [7, 11) is 0. The van der Waals surface area contributed by atoms with E-state index in [0.717, 1.165) is 26.9 Å². The number of aromatic hydroxyl groups is 1. The second kappa shape index (κ2) is 7.48. The van der Waals surface area contributed by atoms with Crippen molar-refractivity contribution >= 4 is 49.5 Å². The van der Waals surface area contributed by atoms with Gasteiger partial charge in [-0.05, 0) is 43.3 Å². The number of H-pyrrole nitrogens is 2. The number of fused-ring (bicyclic) bond motifs is 2. The van der Waals surface area contributed by atoms with Crippen LogP contribution in [0.1, 0.15) is 15.9 Å². The Morgan fingerprint density at radius 1 is 1.00 bits per heavy atom. The van der Waals surface area contributed by atoms with Crippen LogP contribution in [0.3, 0.4) is 0 Å². The van der Waals surface area contributed by atoms with Crippen molar-refractivity contribution in [3.05, 3.63) is 76.3 Å². The van der Waals surface area contributed by atoms with E-state index in [2.05, 4.69) is 41.1 Å². The molecule has 0 bridgehead atoms. The maximum atomic E-state index is 12.6. The van der Waals surface area contributed by atoms with Crippen molar-refractivity contribution in [3.63, 3.8) is 0 Å². The van der Waals surface area contributed by atoms with Gasteiger partial charge < -0.3 is 15.1 Å². The fourth-order valence-corrected chi connectivity index (χ4v) is 3.74. The van der Waals surface area contributed by atoms with E-state index in [1.165, 1.54) is 5.56 Å². The average Bonchev–Trinajstić information content (AvgIpc) is 3.32. The largest absolute Gasteiger partial charge is 0.493 e. The van der Waals surface area contributed by atoms with Gasteiger partial charge >= 0.3 is 0 Å². The highest BCUT2D eigenvalue weighted by Gasteiger charge is 2.13. The van der Waals surface area contributed by atoms with Crippen LogP contribution in [0.25, 0.3) is 33.3 Å². The number of carbonyl (C=O) groups excluding carboxylic acids is 1. The number of aromatic nitrogens is 3. The minimum atomic E-state index is -0.517. The summed E-state index contributed by atoms with van der Waals surface area (Å²) in [5.41, 5.74) is 4.91. The zero-order chi connectivity index (χ0) is 21.5. The van der Waals surface area contributed by atoms with E-state index in [1.807, 2.05) is 37.3 Å². The monoisotopic (exact) mass is 473 g/mol. The Hall–Kier alpha value is -3.78. The van der Waals surface area contributed by atoms with Crippen LogP contribution >= 0.6 is 15.9 Å². The molecule has 2 heterocycles. The average molecular weight is 474 g/mol. The molecular formula is C23H16BrN5O2. The van der Waals surface area contributed by atoms with Gasteiger partial charge in [0.25, 0.3) is 5.91 Å². The van der Waals surface area contributed by atoms with Crippen LogP contribution in [0.15, 0.2) is 75.4 Å². The standard InChI is InChI=1S/C23H16BrN5O2/c1-12-2-4-13(5-3-12)21-25-18-8-6-14(10-19(18)26-21)22(30)29-28-20-16-11-15(24)7-9-17(16)27-23(20)31/h2-11,27,31H,1H3,(H,25,26). The fraction of sp³-hybridized carbons (Fsp3) is 0.0435. The molecule has 0 atom stereocenters. The number of azo groups is 1. The number of imidazole rings is 1. The maximum Gasteiger partial charge on any atom is 0.295 e. The van der Waals surface area contributed by atoms with Gasteiger partial charge in [-0.3, -0.25) is 4.79 Å². The van der Waals surface area contributed by atoms with Gasteiger partial charge in [0.1, 0.15) is 5.82 Å². The molecule has 0 fully saturated rings. The summed E-state index contributed by atoms with van der Waals surface area (Å²) < 4.78 is 0.829. The van der Waals surface area contributed by atoms with Gasteiger partial charge in [-0.2, -0.15) is 0 Å². The predicted octanol–water partition coefficient (Wildman–Crippen LogP) is 6.41. The number of aromatic amines is 2. The number of nitrogens with one attached hydrogen (secondary N) is 2. The summed E-state index contributed by atoms with van der Waals surface area (Å²) in [5.74, 6) is 0.0732. The SMILES string of the molecule is Cc1ccc(-c2nc3ccc(C(=O)N=Nc4c(O)[nH]c5ccc(Br)cc45)cc3[nH]2)cc1. The smallest absolute Gasteiger partial charge is 0.295 e. The third kappa shape index (κ3) is 3.62. The quantitative estimate of drug-likeness (QED) is 0.263. The van der Waals surface area contributed by atoms with Crippen LogP contribution < -0.4 is 0 Å². The summed E-state index contributed by atoms with van der Waals surface area (Å²) in [4.78, 5) is 23.3. The van der Waals surface area contributed by atoms with Crippen LogP contribution in [0, 0.1) is 6.92 Å². The van der Waals surface area contributed by atoms with Crippen molar-refractivity contribution < 1.29 is 9.90 Å². The fourth-order valence-electron chi connectivity index (χ4n) is 3.38. The molecule has 0 spiro atoms. The molecule has 152 valence electrons. The third-order valence-corrected chi connectivity index (χ3v) is 5.50. The molecule has 0 saturated carbocycles. The maximum absolute atomic E-state index is 12.6.